The third kappa shape index (κ3) is 3.89. The number of nitrogens with zero attached hydrogens (tertiary/aromatic N) is 3. The van der Waals surface area contributed by atoms with Gasteiger partial charge >= 0.3 is 0 Å². The van der Waals surface area contributed by atoms with Crippen LogP contribution in [-0.4, -0.2) is 33.7 Å². The van der Waals surface area contributed by atoms with Crippen molar-refractivity contribution in [2.24, 2.45) is 5.92 Å². The maximum absolute atomic E-state index is 12.4. The number of hydrogen-bond donors (Lipinski definition) is 0. The first kappa shape index (κ1) is 15.1. The molecule has 1 aromatic heterocycles. The Morgan fingerprint density at radius 1 is 1.23 bits per heavy atom. The van der Waals surface area contributed by atoms with Crippen LogP contribution in [0.3, 0.4) is 0 Å². The van der Waals surface area contributed by atoms with Gasteiger partial charge in [-0.05, 0) is 42.5 Å². The summed E-state index contributed by atoms with van der Waals surface area (Å²) >= 11 is 5.87. The number of hydrogen-bond acceptors (Lipinski definition) is 2. The topological polar surface area (TPSA) is 38.1 Å². The lowest BCUT2D eigenvalue weighted by Gasteiger charge is -2.32. The van der Waals surface area contributed by atoms with Crippen molar-refractivity contribution < 1.29 is 4.79 Å². The van der Waals surface area contributed by atoms with Gasteiger partial charge in [-0.15, -0.1) is 0 Å². The fourth-order valence-corrected chi connectivity index (χ4v) is 3.05. The number of aromatic nitrogens is 2. The molecular formula is C17H20ClN3O. The van der Waals surface area contributed by atoms with Gasteiger partial charge in [-0.2, -0.15) is 5.10 Å². The van der Waals surface area contributed by atoms with E-state index in [1.165, 1.54) is 0 Å². The van der Waals surface area contributed by atoms with Crippen LogP contribution in [-0.2, 0) is 17.8 Å². The fourth-order valence-electron chi connectivity index (χ4n) is 2.93. The molecule has 1 saturated heterocycles. The molecule has 22 heavy (non-hydrogen) atoms. The van der Waals surface area contributed by atoms with Gasteiger partial charge < -0.3 is 4.90 Å². The first-order valence-electron chi connectivity index (χ1n) is 7.70. The minimum absolute atomic E-state index is 0.208. The molecule has 0 aliphatic carbocycles. The van der Waals surface area contributed by atoms with Crippen molar-refractivity contribution in [2.45, 2.75) is 25.8 Å². The summed E-state index contributed by atoms with van der Waals surface area (Å²) < 4.78 is 1.98. The van der Waals surface area contributed by atoms with Crippen molar-refractivity contribution in [1.82, 2.24) is 14.7 Å². The van der Waals surface area contributed by atoms with Gasteiger partial charge in [-0.3, -0.25) is 9.48 Å². The van der Waals surface area contributed by atoms with Crippen LogP contribution in [0.2, 0.25) is 5.02 Å². The van der Waals surface area contributed by atoms with Crippen molar-refractivity contribution >= 4 is 17.5 Å². The molecular weight excluding hydrogens is 298 g/mol. The average Bonchev–Trinajstić information content (AvgIpc) is 3.03. The smallest absolute Gasteiger partial charge is 0.226 e. The van der Waals surface area contributed by atoms with Crippen LogP contribution in [0.15, 0.2) is 42.7 Å². The van der Waals surface area contributed by atoms with Crippen LogP contribution in [0.1, 0.15) is 18.4 Å². The van der Waals surface area contributed by atoms with E-state index < -0.39 is 0 Å². The fraction of sp³-hybridized carbons (Fsp3) is 0.412. The molecule has 1 aromatic carbocycles. The molecule has 5 heteroatoms. The Labute approximate surface area is 135 Å². The van der Waals surface area contributed by atoms with Gasteiger partial charge in [0.05, 0.1) is 6.42 Å². The lowest BCUT2D eigenvalue weighted by molar-refractivity contribution is -0.131. The van der Waals surface area contributed by atoms with Crippen LogP contribution in [0.4, 0.5) is 0 Å². The van der Waals surface area contributed by atoms with Crippen molar-refractivity contribution in [2.75, 3.05) is 13.1 Å². The Kier molecular flexibility index (Phi) is 4.78. The summed E-state index contributed by atoms with van der Waals surface area (Å²) in [5.41, 5.74) is 1.02. The molecule has 0 radical (unpaired) electrons. The zero-order valence-corrected chi connectivity index (χ0v) is 13.2. The number of likely N-dealkylation sites (tertiary alicyclic amines) is 1. The summed E-state index contributed by atoms with van der Waals surface area (Å²) in [5, 5.41) is 4.96. The molecule has 116 valence electrons. The molecule has 0 N–H and O–H groups in total. The van der Waals surface area contributed by atoms with Crippen molar-refractivity contribution in [3.8, 4) is 0 Å². The second kappa shape index (κ2) is 6.97. The Morgan fingerprint density at radius 3 is 2.59 bits per heavy atom. The van der Waals surface area contributed by atoms with E-state index in [9.17, 15) is 4.79 Å². The predicted octanol–water partition coefficient (Wildman–Crippen LogP) is 3.02. The van der Waals surface area contributed by atoms with E-state index in [4.69, 9.17) is 11.6 Å². The highest BCUT2D eigenvalue weighted by Gasteiger charge is 2.23. The molecule has 4 nitrogen and oxygen atoms in total. The van der Waals surface area contributed by atoms with Crippen molar-refractivity contribution in [3.05, 3.63) is 53.3 Å². The Hall–Kier alpha value is -1.81. The molecule has 0 saturated carbocycles. The third-order valence-corrected chi connectivity index (χ3v) is 4.49. The monoisotopic (exact) mass is 317 g/mol. The van der Waals surface area contributed by atoms with Crippen LogP contribution in [0, 0.1) is 5.92 Å². The third-order valence-electron chi connectivity index (χ3n) is 4.24. The molecule has 0 atom stereocenters. The highest BCUT2D eigenvalue weighted by Crippen LogP contribution is 2.20. The van der Waals surface area contributed by atoms with Crippen molar-refractivity contribution in [3.63, 3.8) is 0 Å². The van der Waals surface area contributed by atoms with E-state index in [0.717, 1.165) is 38.0 Å². The number of carbonyl (C=O) groups is 1. The number of rotatable bonds is 4. The minimum atomic E-state index is 0.208. The molecule has 0 spiro atoms. The van der Waals surface area contributed by atoms with E-state index in [0.29, 0.717) is 17.4 Å². The molecule has 3 rings (SSSR count). The number of benzene rings is 1. The summed E-state index contributed by atoms with van der Waals surface area (Å²) in [7, 11) is 0. The zero-order valence-electron chi connectivity index (χ0n) is 12.5. The SMILES string of the molecule is O=C(Cc1ccc(Cl)cc1)N1CCC(Cn2cccn2)CC1. The second-order valence-corrected chi connectivity index (χ2v) is 6.29. The van der Waals surface area contributed by atoms with E-state index >= 15 is 0 Å². The van der Waals surface area contributed by atoms with Gasteiger partial charge in [0, 0.05) is 37.1 Å². The standard InChI is InChI=1S/C17H20ClN3O/c18-16-4-2-14(3-5-16)12-17(22)20-10-6-15(7-11-20)13-21-9-1-8-19-21/h1-5,8-9,15H,6-7,10-13H2. The summed E-state index contributed by atoms with van der Waals surface area (Å²) in [5.74, 6) is 0.819. The van der Waals surface area contributed by atoms with Gasteiger partial charge in [-0.25, -0.2) is 0 Å². The summed E-state index contributed by atoms with van der Waals surface area (Å²) in [6, 6.07) is 9.46. The summed E-state index contributed by atoms with van der Waals surface area (Å²) in [6.07, 6.45) is 6.36. The molecule has 1 fully saturated rings. The molecule has 0 unspecified atom stereocenters. The Bertz CT molecular complexity index is 601. The minimum Gasteiger partial charge on any atom is -0.342 e. The van der Waals surface area contributed by atoms with Gasteiger partial charge in [0.15, 0.2) is 0 Å². The normalized spacial score (nSPS) is 16.0. The van der Waals surface area contributed by atoms with Gasteiger partial charge in [0.25, 0.3) is 0 Å². The number of halogens is 1. The van der Waals surface area contributed by atoms with Gasteiger partial charge in [0.1, 0.15) is 0 Å². The molecule has 1 aliphatic rings. The summed E-state index contributed by atoms with van der Waals surface area (Å²) in [4.78, 5) is 14.3. The highest BCUT2D eigenvalue weighted by atomic mass is 35.5. The Morgan fingerprint density at radius 2 is 1.95 bits per heavy atom. The van der Waals surface area contributed by atoms with Crippen molar-refractivity contribution in [1.29, 1.82) is 0 Å². The Balaban J connectivity index is 1.48. The molecule has 0 bridgehead atoms. The maximum atomic E-state index is 12.4. The lowest BCUT2D eigenvalue weighted by atomic mass is 9.96. The lowest BCUT2D eigenvalue weighted by Crippen LogP contribution is -2.40. The number of carbonyl (C=O) groups excluding carboxylic acids is 1. The van der Waals surface area contributed by atoms with Crippen LogP contribution >= 0.6 is 11.6 Å². The number of piperidine rings is 1. The number of amides is 1. The first-order valence-corrected chi connectivity index (χ1v) is 8.08. The largest absolute Gasteiger partial charge is 0.342 e. The van der Waals surface area contributed by atoms with E-state index in [2.05, 4.69) is 5.10 Å². The second-order valence-electron chi connectivity index (χ2n) is 5.86. The molecule has 2 aromatic rings. The average molecular weight is 318 g/mol. The quantitative estimate of drug-likeness (QED) is 0.869. The van der Waals surface area contributed by atoms with E-state index in [-0.39, 0.29) is 5.91 Å². The van der Waals surface area contributed by atoms with Gasteiger partial charge in [-0.1, -0.05) is 23.7 Å². The van der Waals surface area contributed by atoms with E-state index in [1.54, 1.807) is 0 Å². The first-order chi connectivity index (χ1) is 10.7. The van der Waals surface area contributed by atoms with Crippen LogP contribution in [0.5, 0.6) is 0 Å². The van der Waals surface area contributed by atoms with Gasteiger partial charge in [0.2, 0.25) is 5.91 Å². The molecule has 1 aliphatic heterocycles. The van der Waals surface area contributed by atoms with Crippen LogP contribution in [0.25, 0.3) is 0 Å². The molecule has 1 amide bonds. The zero-order chi connectivity index (χ0) is 15.4. The highest BCUT2D eigenvalue weighted by molar-refractivity contribution is 6.30. The predicted molar refractivity (Wildman–Crippen MR) is 86.7 cm³/mol. The summed E-state index contributed by atoms with van der Waals surface area (Å²) in [6.45, 7) is 2.64. The van der Waals surface area contributed by atoms with Crippen LogP contribution < -0.4 is 0 Å². The van der Waals surface area contributed by atoms with E-state index in [1.807, 2.05) is 52.3 Å². The maximum Gasteiger partial charge on any atom is 0.226 e. The molecule has 2 heterocycles.